The maximum Gasteiger partial charge on any atom is 0.244 e. The van der Waals surface area contributed by atoms with Crippen molar-refractivity contribution in [3.63, 3.8) is 0 Å². The molecule has 1 aliphatic heterocycles. The average molecular weight is 405 g/mol. The number of H-pyrrole nitrogens is 1. The van der Waals surface area contributed by atoms with Crippen LogP contribution in [-0.2, 0) is 0 Å². The molecule has 4 rings (SSSR count). The van der Waals surface area contributed by atoms with Crippen LogP contribution >= 0.6 is 0 Å². The van der Waals surface area contributed by atoms with Crippen LogP contribution in [0.4, 0.5) is 0 Å². The Bertz CT molecular complexity index is 1160. The summed E-state index contributed by atoms with van der Waals surface area (Å²) in [7, 11) is 4.62. The average Bonchev–Trinajstić information content (AvgIpc) is 3.21. The lowest BCUT2D eigenvalue weighted by molar-refractivity contribution is 0.346. The molecule has 0 saturated carbocycles. The minimum Gasteiger partial charge on any atom is -0.496 e. The van der Waals surface area contributed by atoms with E-state index in [0.717, 1.165) is 5.56 Å². The van der Waals surface area contributed by atoms with Crippen LogP contribution in [0.5, 0.6) is 23.1 Å². The molecule has 9 heteroatoms. The summed E-state index contributed by atoms with van der Waals surface area (Å²) in [6.07, 6.45) is 3.38. The molecule has 0 aliphatic carbocycles. The lowest BCUT2D eigenvalue weighted by atomic mass is 9.82. The largest absolute Gasteiger partial charge is 0.496 e. The molecule has 1 aliphatic rings. The van der Waals surface area contributed by atoms with E-state index in [-0.39, 0.29) is 17.3 Å². The molecule has 3 aromatic rings. The number of aromatic amines is 1. The van der Waals surface area contributed by atoms with E-state index in [4.69, 9.17) is 24.7 Å². The molecule has 2 aromatic heterocycles. The second kappa shape index (κ2) is 7.67. The van der Waals surface area contributed by atoms with Gasteiger partial charge in [0.25, 0.3) is 0 Å². The molecule has 0 amide bonds. The van der Waals surface area contributed by atoms with E-state index in [2.05, 4.69) is 21.3 Å². The molecule has 0 radical (unpaired) electrons. The lowest BCUT2D eigenvalue weighted by Gasteiger charge is -2.26. The summed E-state index contributed by atoms with van der Waals surface area (Å²) in [5, 5.41) is 17.1. The van der Waals surface area contributed by atoms with Crippen molar-refractivity contribution in [1.82, 2.24) is 15.2 Å². The van der Waals surface area contributed by atoms with E-state index in [1.165, 1.54) is 7.11 Å². The molecular formula is C21H19N5O4. The third-order valence-corrected chi connectivity index (χ3v) is 4.94. The lowest BCUT2D eigenvalue weighted by Crippen LogP contribution is -2.21. The maximum absolute atomic E-state index is 9.90. The molecule has 3 heterocycles. The maximum atomic E-state index is 9.90. The zero-order valence-electron chi connectivity index (χ0n) is 16.6. The van der Waals surface area contributed by atoms with Crippen molar-refractivity contribution in [2.75, 3.05) is 21.3 Å². The van der Waals surface area contributed by atoms with Crippen LogP contribution in [0.15, 0.2) is 48.1 Å². The van der Waals surface area contributed by atoms with Crippen LogP contribution in [0.1, 0.15) is 17.0 Å². The normalized spacial score (nSPS) is 15.1. The highest BCUT2D eigenvalue weighted by Gasteiger charge is 2.37. The van der Waals surface area contributed by atoms with Crippen molar-refractivity contribution in [1.29, 1.82) is 5.26 Å². The number of ether oxygens (including phenoxy) is 4. The van der Waals surface area contributed by atoms with Gasteiger partial charge in [0.05, 0.1) is 38.5 Å². The summed E-state index contributed by atoms with van der Waals surface area (Å²) < 4.78 is 22.1. The van der Waals surface area contributed by atoms with E-state index >= 15 is 0 Å². The van der Waals surface area contributed by atoms with Crippen LogP contribution in [0.3, 0.4) is 0 Å². The zero-order valence-corrected chi connectivity index (χ0v) is 16.6. The Labute approximate surface area is 172 Å². The molecule has 152 valence electrons. The molecule has 0 spiro atoms. The molecule has 3 N–H and O–H groups in total. The first-order chi connectivity index (χ1) is 14.6. The van der Waals surface area contributed by atoms with Gasteiger partial charge >= 0.3 is 0 Å². The predicted octanol–water partition coefficient (Wildman–Crippen LogP) is 2.72. The summed E-state index contributed by atoms with van der Waals surface area (Å²) in [5.41, 5.74) is 9.07. The van der Waals surface area contributed by atoms with Crippen molar-refractivity contribution in [2.24, 2.45) is 5.73 Å². The van der Waals surface area contributed by atoms with Gasteiger partial charge in [0.15, 0.2) is 11.5 Å². The Kier molecular flexibility index (Phi) is 4.90. The first-order valence-corrected chi connectivity index (χ1v) is 8.99. The number of nitrogens with zero attached hydrogens (tertiary/aromatic N) is 3. The minimum absolute atomic E-state index is 0.0175. The second-order valence-corrected chi connectivity index (χ2v) is 6.43. The second-order valence-electron chi connectivity index (χ2n) is 6.43. The Hall–Kier alpha value is -4.19. The van der Waals surface area contributed by atoms with Gasteiger partial charge in [-0.2, -0.15) is 5.26 Å². The first-order valence-electron chi connectivity index (χ1n) is 8.99. The van der Waals surface area contributed by atoms with Crippen LogP contribution < -0.4 is 24.7 Å². The number of hydrogen-bond donors (Lipinski definition) is 2. The number of nitriles is 1. The number of nitrogens with two attached hydrogens (primary N) is 1. The van der Waals surface area contributed by atoms with Crippen molar-refractivity contribution < 1.29 is 18.9 Å². The molecule has 9 nitrogen and oxygen atoms in total. The number of nitrogens with one attached hydrogen (secondary N) is 1. The van der Waals surface area contributed by atoms with E-state index < -0.39 is 5.92 Å². The highest BCUT2D eigenvalue weighted by atomic mass is 16.5. The fourth-order valence-electron chi connectivity index (χ4n) is 3.57. The van der Waals surface area contributed by atoms with Crippen molar-refractivity contribution in [3.8, 4) is 40.5 Å². The Morgan fingerprint density at radius 1 is 1.13 bits per heavy atom. The van der Waals surface area contributed by atoms with Gasteiger partial charge in [0, 0.05) is 29.6 Å². The van der Waals surface area contributed by atoms with Gasteiger partial charge in [-0.25, -0.2) is 0 Å². The molecule has 30 heavy (non-hydrogen) atoms. The van der Waals surface area contributed by atoms with Crippen molar-refractivity contribution in [3.05, 3.63) is 59.2 Å². The summed E-state index contributed by atoms with van der Waals surface area (Å²) in [4.78, 5) is 4.17. The van der Waals surface area contributed by atoms with Crippen molar-refractivity contribution >= 4 is 0 Å². The van der Waals surface area contributed by atoms with Gasteiger partial charge in [-0.3, -0.25) is 10.1 Å². The van der Waals surface area contributed by atoms with Crippen LogP contribution in [0.2, 0.25) is 0 Å². The third kappa shape index (κ3) is 2.95. The number of benzene rings is 1. The highest BCUT2D eigenvalue weighted by molar-refractivity contribution is 5.71. The Morgan fingerprint density at radius 3 is 2.50 bits per heavy atom. The number of hydrogen-bond acceptors (Lipinski definition) is 8. The van der Waals surface area contributed by atoms with Crippen LogP contribution in [-0.4, -0.2) is 36.5 Å². The van der Waals surface area contributed by atoms with Gasteiger partial charge in [0.1, 0.15) is 17.4 Å². The van der Waals surface area contributed by atoms with E-state index in [1.807, 2.05) is 12.1 Å². The number of fused-ring (bicyclic) bond motifs is 1. The first kappa shape index (κ1) is 19.1. The number of pyridine rings is 1. The molecule has 1 atom stereocenters. The van der Waals surface area contributed by atoms with Gasteiger partial charge in [-0.15, -0.1) is 5.10 Å². The van der Waals surface area contributed by atoms with E-state index in [1.54, 1.807) is 38.7 Å². The zero-order chi connectivity index (χ0) is 21.3. The van der Waals surface area contributed by atoms with Crippen LogP contribution in [0.25, 0.3) is 11.3 Å². The molecule has 0 bridgehead atoms. The number of aromatic nitrogens is 3. The molecule has 0 fully saturated rings. The summed E-state index contributed by atoms with van der Waals surface area (Å²) >= 11 is 0. The summed E-state index contributed by atoms with van der Waals surface area (Å²) in [6, 6.07) is 9.35. The molecule has 1 unspecified atom stereocenters. The fraction of sp³-hybridized carbons (Fsp3) is 0.190. The van der Waals surface area contributed by atoms with E-state index in [9.17, 15) is 5.26 Å². The Morgan fingerprint density at radius 2 is 1.87 bits per heavy atom. The molecule has 1 aromatic carbocycles. The predicted molar refractivity (Wildman–Crippen MR) is 107 cm³/mol. The summed E-state index contributed by atoms with van der Waals surface area (Å²) in [6.45, 7) is 0. The number of allylic oxidation sites excluding steroid dienone is 1. The van der Waals surface area contributed by atoms with Gasteiger partial charge in [-0.1, -0.05) is 0 Å². The summed E-state index contributed by atoms with van der Waals surface area (Å²) in [5.74, 6) is 1.15. The monoisotopic (exact) mass is 405 g/mol. The van der Waals surface area contributed by atoms with Crippen molar-refractivity contribution in [2.45, 2.75) is 5.92 Å². The molecule has 0 saturated heterocycles. The number of methoxy groups -OCH3 is 3. The Balaban J connectivity index is 2.01. The molecular weight excluding hydrogens is 386 g/mol. The van der Waals surface area contributed by atoms with Gasteiger partial charge in [-0.05, 0) is 18.2 Å². The topological polar surface area (TPSA) is 128 Å². The SMILES string of the molecule is COc1cc(OC)c(C2C(C#N)=C(N)Oc3n[nH]c(-c4cccnc4)c32)cc1OC. The highest BCUT2D eigenvalue weighted by Crippen LogP contribution is 2.49. The minimum atomic E-state index is -0.609. The number of rotatable bonds is 5. The smallest absolute Gasteiger partial charge is 0.244 e. The van der Waals surface area contributed by atoms with Gasteiger partial charge in [0.2, 0.25) is 11.8 Å². The quantitative estimate of drug-likeness (QED) is 0.663. The van der Waals surface area contributed by atoms with Gasteiger partial charge < -0.3 is 24.7 Å². The van der Waals surface area contributed by atoms with Crippen LogP contribution in [0, 0.1) is 11.3 Å². The third-order valence-electron chi connectivity index (χ3n) is 4.94. The fourth-order valence-corrected chi connectivity index (χ4v) is 3.57. The standard InChI is InChI=1S/C21H19N5O4/c1-27-14-8-16(29-3)15(28-2)7-12(14)17-13(9-22)20(23)30-21-18(17)19(25-26-21)11-5-4-6-24-10-11/h4-8,10,17H,23H2,1-3H3,(H,25,26). The van der Waals surface area contributed by atoms with E-state index in [0.29, 0.717) is 34.1 Å².